The summed E-state index contributed by atoms with van der Waals surface area (Å²) in [4.78, 5) is 0. The molecule has 4 rings (SSSR count). The lowest BCUT2D eigenvalue weighted by molar-refractivity contribution is -0.136. The van der Waals surface area contributed by atoms with Crippen LogP contribution in [0.3, 0.4) is 0 Å². The molecule has 0 aromatic heterocycles. The summed E-state index contributed by atoms with van der Waals surface area (Å²) in [6.07, 6.45) is 24.7. The smallest absolute Gasteiger partial charge is 0.104 e. The van der Waals surface area contributed by atoms with E-state index in [0.717, 1.165) is 51.4 Å². The lowest BCUT2D eigenvalue weighted by Gasteiger charge is -2.29. The van der Waals surface area contributed by atoms with Crippen molar-refractivity contribution in [1.82, 2.24) is 0 Å². The number of hydrogen-bond donors (Lipinski definition) is 1. The van der Waals surface area contributed by atoms with E-state index in [-0.39, 0.29) is 25.4 Å². The van der Waals surface area contributed by atoms with Crippen LogP contribution in [-0.4, -0.2) is 87.5 Å². The maximum atomic E-state index is 10.8. The van der Waals surface area contributed by atoms with Crippen LogP contribution in [0.2, 0.25) is 0 Å². The Labute approximate surface area is 244 Å². The SMILES string of the molecule is OC(COC(COC1CCCCC1)COC1CCCCC1)COC(COC1CCCCC1)COC1CCCCC1. The summed E-state index contributed by atoms with van der Waals surface area (Å²) < 4.78 is 37.3. The van der Waals surface area contributed by atoms with Crippen LogP contribution < -0.4 is 0 Å². The Morgan fingerprint density at radius 2 is 0.625 bits per heavy atom. The average molecular weight is 569 g/mol. The molecule has 0 spiro atoms. The highest BCUT2D eigenvalue weighted by molar-refractivity contribution is 4.72. The van der Waals surface area contributed by atoms with Crippen LogP contribution in [0.5, 0.6) is 0 Å². The topological polar surface area (TPSA) is 75.6 Å². The minimum atomic E-state index is -0.710. The Balaban J connectivity index is 1.19. The first-order valence-corrected chi connectivity index (χ1v) is 17.1. The van der Waals surface area contributed by atoms with Gasteiger partial charge in [-0.15, -0.1) is 0 Å². The van der Waals surface area contributed by atoms with Crippen molar-refractivity contribution in [3.8, 4) is 0 Å². The van der Waals surface area contributed by atoms with Gasteiger partial charge in [-0.1, -0.05) is 77.0 Å². The predicted octanol–water partition coefficient (Wildman–Crippen LogP) is 6.51. The van der Waals surface area contributed by atoms with E-state index in [9.17, 15) is 5.11 Å². The van der Waals surface area contributed by atoms with Crippen LogP contribution in [0.25, 0.3) is 0 Å². The first kappa shape index (κ1) is 32.6. The molecule has 40 heavy (non-hydrogen) atoms. The van der Waals surface area contributed by atoms with Gasteiger partial charge in [-0.25, -0.2) is 0 Å². The van der Waals surface area contributed by atoms with E-state index in [1.165, 1.54) is 77.0 Å². The molecule has 0 aliphatic heterocycles. The van der Waals surface area contributed by atoms with Gasteiger partial charge >= 0.3 is 0 Å². The normalized spacial score (nSPS) is 23.1. The Morgan fingerprint density at radius 3 is 0.875 bits per heavy atom. The van der Waals surface area contributed by atoms with Crippen molar-refractivity contribution in [3.63, 3.8) is 0 Å². The van der Waals surface area contributed by atoms with Gasteiger partial charge in [-0.05, 0) is 51.4 Å². The fourth-order valence-corrected chi connectivity index (χ4v) is 6.73. The molecular formula is C33H60O7. The predicted molar refractivity (Wildman–Crippen MR) is 157 cm³/mol. The molecule has 0 atom stereocenters. The molecule has 7 heteroatoms. The third-order valence-electron chi connectivity index (χ3n) is 9.33. The molecule has 0 saturated heterocycles. The molecule has 0 amide bonds. The maximum absolute atomic E-state index is 10.8. The Morgan fingerprint density at radius 1 is 0.375 bits per heavy atom. The zero-order valence-electron chi connectivity index (χ0n) is 25.3. The van der Waals surface area contributed by atoms with Crippen LogP contribution >= 0.6 is 0 Å². The first-order valence-electron chi connectivity index (χ1n) is 17.1. The maximum Gasteiger partial charge on any atom is 0.104 e. The summed E-state index contributed by atoms with van der Waals surface area (Å²) in [5.41, 5.74) is 0. The van der Waals surface area contributed by atoms with Gasteiger partial charge in [-0.3, -0.25) is 0 Å². The van der Waals surface area contributed by atoms with Gasteiger partial charge in [0.15, 0.2) is 0 Å². The van der Waals surface area contributed by atoms with Crippen molar-refractivity contribution >= 4 is 0 Å². The summed E-state index contributed by atoms with van der Waals surface area (Å²) in [5.74, 6) is 0. The van der Waals surface area contributed by atoms with Crippen LogP contribution in [0.1, 0.15) is 128 Å². The van der Waals surface area contributed by atoms with E-state index in [4.69, 9.17) is 28.4 Å². The summed E-state index contributed by atoms with van der Waals surface area (Å²) >= 11 is 0. The molecule has 0 heterocycles. The lowest BCUT2D eigenvalue weighted by Crippen LogP contribution is -2.37. The zero-order chi connectivity index (χ0) is 27.7. The van der Waals surface area contributed by atoms with E-state index in [0.29, 0.717) is 50.8 Å². The van der Waals surface area contributed by atoms with Gasteiger partial charge < -0.3 is 33.5 Å². The molecule has 234 valence electrons. The third kappa shape index (κ3) is 13.4. The number of aliphatic hydroxyl groups is 1. The second-order valence-electron chi connectivity index (χ2n) is 12.9. The molecule has 0 unspecified atom stereocenters. The van der Waals surface area contributed by atoms with E-state index < -0.39 is 6.10 Å². The number of ether oxygens (including phenoxy) is 6. The van der Waals surface area contributed by atoms with E-state index in [1.54, 1.807) is 0 Å². The monoisotopic (exact) mass is 568 g/mol. The van der Waals surface area contributed by atoms with Crippen LogP contribution in [0.4, 0.5) is 0 Å². The minimum absolute atomic E-state index is 0.168. The van der Waals surface area contributed by atoms with Crippen LogP contribution in [0, 0.1) is 0 Å². The molecular weight excluding hydrogens is 508 g/mol. The molecule has 4 saturated carbocycles. The van der Waals surface area contributed by atoms with Crippen molar-refractivity contribution in [3.05, 3.63) is 0 Å². The van der Waals surface area contributed by atoms with Gasteiger partial charge in [0.2, 0.25) is 0 Å². The Kier molecular flexibility index (Phi) is 16.2. The van der Waals surface area contributed by atoms with Gasteiger partial charge in [-0.2, -0.15) is 0 Å². The van der Waals surface area contributed by atoms with Crippen molar-refractivity contribution in [1.29, 1.82) is 0 Å². The first-order chi connectivity index (χ1) is 19.7. The Hall–Kier alpha value is -0.280. The fraction of sp³-hybridized carbons (Fsp3) is 1.00. The van der Waals surface area contributed by atoms with Gasteiger partial charge in [0, 0.05) is 0 Å². The third-order valence-corrected chi connectivity index (χ3v) is 9.33. The summed E-state index contributed by atoms with van der Waals surface area (Å²) in [7, 11) is 0. The van der Waals surface area contributed by atoms with Crippen LogP contribution in [0.15, 0.2) is 0 Å². The van der Waals surface area contributed by atoms with Crippen molar-refractivity contribution in [2.75, 3.05) is 39.6 Å². The van der Waals surface area contributed by atoms with Gasteiger partial charge in [0.25, 0.3) is 0 Å². The molecule has 4 aliphatic rings. The molecule has 0 aromatic carbocycles. The number of hydrogen-bond acceptors (Lipinski definition) is 7. The van der Waals surface area contributed by atoms with Crippen molar-refractivity contribution in [2.24, 2.45) is 0 Å². The summed E-state index contributed by atoms with van der Waals surface area (Å²) in [6.45, 7) is 2.53. The average Bonchev–Trinajstić information content (AvgIpc) is 3.02. The molecule has 0 bridgehead atoms. The highest BCUT2D eigenvalue weighted by Crippen LogP contribution is 2.24. The highest BCUT2D eigenvalue weighted by Gasteiger charge is 2.24. The number of rotatable bonds is 18. The lowest BCUT2D eigenvalue weighted by atomic mass is 9.98. The van der Waals surface area contributed by atoms with Gasteiger partial charge in [0.1, 0.15) is 18.3 Å². The largest absolute Gasteiger partial charge is 0.388 e. The minimum Gasteiger partial charge on any atom is -0.388 e. The van der Waals surface area contributed by atoms with E-state index in [2.05, 4.69) is 0 Å². The standard InChI is InChI=1S/C33H60O7/c34-27(21-35-32(23-37-28-13-5-1-6-14-28)24-38-29-15-7-2-8-16-29)22-36-33(25-39-30-17-9-3-10-18-30)26-40-31-19-11-4-12-20-31/h27-34H,1-26H2. The molecule has 0 radical (unpaired) electrons. The zero-order valence-corrected chi connectivity index (χ0v) is 25.3. The summed E-state index contributed by atoms with van der Waals surface area (Å²) in [6, 6.07) is 0. The van der Waals surface area contributed by atoms with E-state index >= 15 is 0 Å². The second-order valence-corrected chi connectivity index (χ2v) is 12.9. The highest BCUT2D eigenvalue weighted by atomic mass is 16.6. The fourth-order valence-electron chi connectivity index (χ4n) is 6.73. The Bertz CT molecular complexity index is 514. The van der Waals surface area contributed by atoms with Crippen molar-refractivity contribution < 1.29 is 33.5 Å². The second kappa shape index (κ2) is 19.8. The number of aliphatic hydroxyl groups excluding tert-OH is 1. The van der Waals surface area contributed by atoms with Crippen molar-refractivity contribution in [2.45, 2.75) is 171 Å². The molecule has 7 nitrogen and oxygen atoms in total. The molecule has 4 aliphatic carbocycles. The molecule has 0 aromatic rings. The van der Waals surface area contributed by atoms with Crippen LogP contribution in [-0.2, 0) is 28.4 Å². The quantitative estimate of drug-likeness (QED) is 0.202. The molecule has 4 fully saturated rings. The van der Waals surface area contributed by atoms with Gasteiger partial charge in [0.05, 0.1) is 64.1 Å². The van der Waals surface area contributed by atoms with E-state index in [1.807, 2.05) is 0 Å². The summed E-state index contributed by atoms with van der Waals surface area (Å²) in [5, 5.41) is 10.8. The molecule has 1 N–H and O–H groups in total.